The number of nitrogens with one attached hydrogen (secondary N) is 1. The van der Waals surface area contributed by atoms with Crippen molar-refractivity contribution < 1.29 is 19.1 Å². The van der Waals surface area contributed by atoms with Crippen LogP contribution >= 0.6 is 0 Å². The van der Waals surface area contributed by atoms with Crippen LogP contribution in [0.15, 0.2) is 0 Å². The Morgan fingerprint density at radius 1 is 1.28 bits per heavy atom. The molecule has 1 aliphatic rings. The minimum absolute atomic E-state index is 0.0559. The molecule has 0 aromatic carbocycles. The highest BCUT2D eigenvalue weighted by Crippen LogP contribution is 2.19. The summed E-state index contributed by atoms with van der Waals surface area (Å²) in [5, 5.41) is 2.71. The first-order valence-corrected chi connectivity index (χ1v) is 6.31. The van der Waals surface area contributed by atoms with Crippen molar-refractivity contribution in [3.05, 3.63) is 0 Å². The maximum Gasteiger partial charge on any atom is 0.407 e. The summed E-state index contributed by atoms with van der Waals surface area (Å²) < 4.78 is 10.5. The Morgan fingerprint density at radius 2 is 1.89 bits per heavy atom. The first-order valence-electron chi connectivity index (χ1n) is 6.31. The van der Waals surface area contributed by atoms with Gasteiger partial charge in [-0.1, -0.05) is 13.8 Å². The molecule has 1 aliphatic heterocycles. The van der Waals surface area contributed by atoms with E-state index in [0.29, 0.717) is 13.2 Å². The van der Waals surface area contributed by atoms with E-state index in [2.05, 4.69) is 5.32 Å². The number of hydrogen-bond acceptors (Lipinski definition) is 4. The zero-order valence-electron chi connectivity index (χ0n) is 11.8. The number of hydrogen-bond donors (Lipinski definition) is 1. The van der Waals surface area contributed by atoms with Crippen molar-refractivity contribution in [3.8, 4) is 0 Å². The number of ketones is 1. The van der Waals surface area contributed by atoms with E-state index < -0.39 is 11.7 Å². The van der Waals surface area contributed by atoms with Crippen LogP contribution < -0.4 is 5.32 Å². The number of rotatable bonds is 3. The van der Waals surface area contributed by atoms with Crippen molar-refractivity contribution in [2.45, 2.75) is 46.3 Å². The maximum atomic E-state index is 12.0. The van der Waals surface area contributed by atoms with Crippen molar-refractivity contribution in [3.63, 3.8) is 0 Å². The standard InChI is InChI=1S/C13H23NO4/c1-8(2)11(15)9-6-17-7-10(9)14-12(16)18-13(3,4)5/h8-10H,6-7H2,1-5H3,(H,14,16). The lowest BCUT2D eigenvalue weighted by atomic mass is 9.91. The Morgan fingerprint density at radius 3 is 2.39 bits per heavy atom. The Bertz CT molecular complexity index is 319. The fourth-order valence-corrected chi connectivity index (χ4v) is 1.86. The quantitative estimate of drug-likeness (QED) is 0.836. The third kappa shape index (κ3) is 4.29. The van der Waals surface area contributed by atoms with E-state index in [1.165, 1.54) is 0 Å². The number of amides is 1. The largest absolute Gasteiger partial charge is 0.444 e. The van der Waals surface area contributed by atoms with Gasteiger partial charge in [-0.3, -0.25) is 4.79 Å². The molecule has 0 spiro atoms. The van der Waals surface area contributed by atoms with E-state index in [1.807, 2.05) is 13.8 Å². The van der Waals surface area contributed by atoms with Gasteiger partial charge in [0.25, 0.3) is 0 Å². The smallest absolute Gasteiger partial charge is 0.407 e. The number of ether oxygens (including phenoxy) is 2. The summed E-state index contributed by atoms with van der Waals surface area (Å²) in [6.07, 6.45) is -0.500. The molecule has 1 fully saturated rings. The van der Waals surface area contributed by atoms with Gasteiger partial charge in [0, 0.05) is 5.92 Å². The fraction of sp³-hybridized carbons (Fsp3) is 0.846. The third-order valence-corrected chi connectivity index (χ3v) is 2.72. The zero-order valence-corrected chi connectivity index (χ0v) is 11.8. The van der Waals surface area contributed by atoms with Crippen LogP contribution in [0, 0.1) is 11.8 Å². The molecular formula is C13H23NO4. The predicted octanol–water partition coefficient (Wildman–Crippen LogP) is 1.75. The SMILES string of the molecule is CC(C)C(=O)C1COCC1NC(=O)OC(C)(C)C. The molecule has 5 heteroatoms. The van der Waals surface area contributed by atoms with Crippen molar-refractivity contribution in [2.24, 2.45) is 11.8 Å². The molecule has 0 aromatic heterocycles. The van der Waals surface area contributed by atoms with Crippen LogP contribution in [0.2, 0.25) is 0 Å². The predicted molar refractivity (Wildman–Crippen MR) is 67.3 cm³/mol. The van der Waals surface area contributed by atoms with Crippen LogP contribution in [-0.2, 0) is 14.3 Å². The third-order valence-electron chi connectivity index (χ3n) is 2.72. The minimum Gasteiger partial charge on any atom is -0.444 e. The second-order valence-corrected chi connectivity index (χ2v) is 5.95. The monoisotopic (exact) mass is 257 g/mol. The molecule has 1 saturated heterocycles. The van der Waals surface area contributed by atoms with E-state index in [9.17, 15) is 9.59 Å². The number of carbonyl (C=O) groups excluding carboxylic acids is 2. The molecule has 0 bridgehead atoms. The van der Waals surface area contributed by atoms with Crippen molar-refractivity contribution in [1.29, 1.82) is 0 Å². The highest BCUT2D eigenvalue weighted by molar-refractivity contribution is 5.84. The minimum atomic E-state index is -0.541. The van der Waals surface area contributed by atoms with E-state index in [1.54, 1.807) is 20.8 Å². The van der Waals surface area contributed by atoms with Gasteiger partial charge in [0.1, 0.15) is 11.4 Å². The van der Waals surface area contributed by atoms with E-state index in [4.69, 9.17) is 9.47 Å². The van der Waals surface area contributed by atoms with Crippen LogP contribution in [0.5, 0.6) is 0 Å². The van der Waals surface area contributed by atoms with Gasteiger partial charge in [-0.15, -0.1) is 0 Å². The van der Waals surface area contributed by atoms with Gasteiger partial charge >= 0.3 is 6.09 Å². The van der Waals surface area contributed by atoms with Gasteiger partial charge < -0.3 is 14.8 Å². The van der Waals surface area contributed by atoms with Gasteiger partial charge in [0.05, 0.1) is 25.2 Å². The van der Waals surface area contributed by atoms with Crippen molar-refractivity contribution in [1.82, 2.24) is 5.32 Å². The molecule has 104 valence electrons. The molecule has 0 aromatic rings. The topological polar surface area (TPSA) is 64.6 Å². The molecule has 1 N–H and O–H groups in total. The van der Waals surface area contributed by atoms with Crippen LogP contribution in [-0.4, -0.2) is 36.7 Å². The molecule has 18 heavy (non-hydrogen) atoms. The van der Waals surface area contributed by atoms with E-state index >= 15 is 0 Å². The summed E-state index contributed by atoms with van der Waals surface area (Å²) in [5.74, 6) is -0.203. The summed E-state index contributed by atoms with van der Waals surface area (Å²) in [6, 6.07) is -0.283. The van der Waals surface area contributed by atoms with Gasteiger partial charge in [-0.2, -0.15) is 0 Å². The van der Waals surface area contributed by atoms with Gasteiger partial charge in [0.15, 0.2) is 0 Å². The Kier molecular flexibility index (Phi) is 4.73. The lowest BCUT2D eigenvalue weighted by molar-refractivity contribution is -0.126. The summed E-state index contributed by atoms with van der Waals surface area (Å²) in [6.45, 7) is 9.84. The average Bonchev–Trinajstić information content (AvgIpc) is 2.61. The highest BCUT2D eigenvalue weighted by Gasteiger charge is 2.36. The maximum absolute atomic E-state index is 12.0. The van der Waals surface area contributed by atoms with Crippen molar-refractivity contribution in [2.75, 3.05) is 13.2 Å². The number of carbonyl (C=O) groups is 2. The molecule has 0 saturated carbocycles. The second-order valence-electron chi connectivity index (χ2n) is 5.95. The summed E-state index contributed by atoms with van der Waals surface area (Å²) in [7, 11) is 0. The molecule has 2 unspecified atom stereocenters. The molecule has 2 atom stereocenters. The van der Waals surface area contributed by atoms with Gasteiger partial charge in [0.2, 0.25) is 0 Å². The Hall–Kier alpha value is -1.10. The fourth-order valence-electron chi connectivity index (χ4n) is 1.86. The van der Waals surface area contributed by atoms with Crippen LogP contribution in [0.4, 0.5) is 4.79 Å². The average molecular weight is 257 g/mol. The normalized spacial score (nSPS) is 24.1. The van der Waals surface area contributed by atoms with Crippen LogP contribution in [0.1, 0.15) is 34.6 Å². The summed E-state index contributed by atoms with van der Waals surface area (Å²) in [4.78, 5) is 23.6. The van der Waals surface area contributed by atoms with Gasteiger partial charge in [-0.25, -0.2) is 4.79 Å². The number of alkyl carbamates (subject to hydrolysis) is 1. The van der Waals surface area contributed by atoms with E-state index in [0.717, 1.165) is 0 Å². The zero-order chi connectivity index (χ0) is 13.9. The molecule has 1 heterocycles. The molecule has 5 nitrogen and oxygen atoms in total. The number of Topliss-reactive ketones (excluding diaryl/α,β-unsaturated/α-hetero) is 1. The summed E-state index contributed by atoms with van der Waals surface area (Å²) in [5.41, 5.74) is -0.541. The first kappa shape index (κ1) is 15.0. The second kappa shape index (κ2) is 5.69. The van der Waals surface area contributed by atoms with Crippen LogP contribution in [0.25, 0.3) is 0 Å². The lowest BCUT2D eigenvalue weighted by Crippen LogP contribution is -2.45. The molecule has 0 radical (unpaired) electrons. The summed E-state index contributed by atoms with van der Waals surface area (Å²) >= 11 is 0. The lowest BCUT2D eigenvalue weighted by Gasteiger charge is -2.23. The molecule has 1 amide bonds. The first-order chi connectivity index (χ1) is 8.20. The Balaban J connectivity index is 2.55. The molecule has 0 aliphatic carbocycles. The van der Waals surface area contributed by atoms with E-state index in [-0.39, 0.29) is 23.7 Å². The van der Waals surface area contributed by atoms with Gasteiger partial charge in [-0.05, 0) is 20.8 Å². The highest BCUT2D eigenvalue weighted by atomic mass is 16.6. The van der Waals surface area contributed by atoms with Crippen molar-refractivity contribution >= 4 is 11.9 Å². The molecule has 1 rings (SSSR count). The Labute approximate surface area is 108 Å². The van der Waals surface area contributed by atoms with Crippen LogP contribution in [0.3, 0.4) is 0 Å². The molecular weight excluding hydrogens is 234 g/mol.